The van der Waals surface area contributed by atoms with Crippen LogP contribution < -0.4 is 4.74 Å². The lowest BCUT2D eigenvalue weighted by molar-refractivity contribution is 0.414. The molecule has 3 aromatic rings. The van der Waals surface area contributed by atoms with Gasteiger partial charge in [-0.25, -0.2) is 4.98 Å². The molecular formula is C18H14Cl2N2O. The summed E-state index contributed by atoms with van der Waals surface area (Å²) in [6.07, 6.45) is 5.59. The Morgan fingerprint density at radius 2 is 1.91 bits per heavy atom. The van der Waals surface area contributed by atoms with Gasteiger partial charge in [0, 0.05) is 16.1 Å². The van der Waals surface area contributed by atoms with Gasteiger partial charge in [-0.1, -0.05) is 41.4 Å². The van der Waals surface area contributed by atoms with Gasteiger partial charge in [0.1, 0.15) is 11.6 Å². The van der Waals surface area contributed by atoms with E-state index in [0.717, 1.165) is 28.4 Å². The van der Waals surface area contributed by atoms with Crippen molar-refractivity contribution >= 4 is 35.4 Å². The van der Waals surface area contributed by atoms with Crippen LogP contribution in [0, 0.1) is 0 Å². The van der Waals surface area contributed by atoms with Crippen molar-refractivity contribution in [2.75, 3.05) is 7.11 Å². The summed E-state index contributed by atoms with van der Waals surface area (Å²) in [4.78, 5) is 7.58. The lowest BCUT2D eigenvalue weighted by atomic mass is 10.2. The minimum atomic E-state index is 0.585. The highest BCUT2D eigenvalue weighted by Crippen LogP contribution is 2.29. The first-order chi connectivity index (χ1) is 11.2. The van der Waals surface area contributed by atoms with Crippen molar-refractivity contribution in [2.45, 2.75) is 0 Å². The first kappa shape index (κ1) is 15.7. The van der Waals surface area contributed by atoms with Gasteiger partial charge in [-0.3, -0.25) is 0 Å². The van der Waals surface area contributed by atoms with Crippen LogP contribution in [0.1, 0.15) is 11.4 Å². The number of aromatic nitrogens is 2. The number of ether oxygens (including phenoxy) is 1. The van der Waals surface area contributed by atoms with Crippen molar-refractivity contribution in [1.82, 2.24) is 9.97 Å². The molecule has 1 aromatic heterocycles. The van der Waals surface area contributed by atoms with Gasteiger partial charge >= 0.3 is 0 Å². The molecule has 0 saturated carbocycles. The van der Waals surface area contributed by atoms with E-state index in [0.29, 0.717) is 10.0 Å². The van der Waals surface area contributed by atoms with Crippen molar-refractivity contribution in [3.8, 4) is 17.0 Å². The van der Waals surface area contributed by atoms with E-state index in [-0.39, 0.29) is 0 Å². The highest BCUT2D eigenvalue weighted by molar-refractivity contribution is 6.36. The summed E-state index contributed by atoms with van der Waals surface area (Å²) >= 11 is 12.1. The molecule has 0 aliphatic rings. The van der Waals surface area contributed by atoms with E-state index in [9.17, 15) is 0 Å². The minimum Gasteiger partial charge on any atom is -0.496 e. The molecule has 0 fully saturated rings. The molecule has 0 unspecified atom stereocenters. The maximum absolute atomic E-state index is 6.22. The highest BCUT2D eigenvalue weighted by atomic mass is 35.5. The molecule has 23 heavy (non-hydrogen) atoms. The second-order valence-electron chi connectivity index (χ2n) is 4.88. The van der Waals surface area contributed by atoms with Gasteiger partial charge < -0.3 is 9.72 Å². The Balaban J connectivity index is 1.86. The fourth-order valence-electron chi connectivity index (χ4n) is 2.24. The van der Waals surface area contributed by atoms with E-state index in [2.05, 4.69) is 9.97 Å². The molecule has 5 heteroatoms. The predicted molar refractivity (Wildman–Crippen MR) is 96.0 cm³/mol. The van der Waals surface area contributed by atoms with Gasteiger partial charge in [-0.05, 0) is 36.4 Å². The summed E-state index contributed by atoms with van der Waals surface area (Å²) in [5.74, 6) is 1.55. The third-order valence-corrected chi connectivity index (χ3v) is 3.92. The van der Waals surface area contributed by atoms with Crippen LogP contribution in [0.2, 0.25) is 10.0 Å². The zero-order chi connectivity index (χ0) is 16.2. The van der Waals surface area contributed by atoms with Gasteiger partial charge in [0.15, 0.2) is 0 Å². The molecule has 3 nitrogen and oxygen atoms in total. The number of imidazole rings is 1. The number of para-hydroxylation sites is 1. The van der Waals surface area contributed by atoms with Crippen LogP contribution >= 0.6 is 23.2 Å². The third kappa shape index (κ3) is 3.58. The Morgan fingerprint density at radius 3 is 2.70 bits per heavy atom. The Hall–Kier alpha value is -2.23. The van der Waals surface area contributed by atoms with Gasteiger partial charge in [0.2, 0.25) is 0 Å². The standard InChI is InChI=1S/C18H14Cl2N2O/c1-23-17-5-3-2-4-12(17)6-9-18-21-11-16(22-18)14-8-7-13(19)10-15(14)20/h2-11H,1H3,(H,21,22). The van der Waals surface area contributed by atoms with E-state index < -0.39 is 0 Å². The molecule has 3 rings (SSSR count). The number of benzene rings is 2. The summed E-state index contributed by atoms with van der Waals surface area (Å²) in [5, 5.41) is 1.19. The predicted octanol–water partition coefficient (Wildman–Crippen LogP) is 5.56. The molecule has 0 atom stereocenters. The van der Waals surface area contributed by atoms with Crippen molar-refractivity contribution in [3.05, 3.63) is 70.1 Å². The van der Waals surface area contributed by atoms with Crippen LogP contribution in [0.25, 0.3) is 23.4 Å². The maximum atomic E-state index is 6.22. The summed E-state index contributed by atoms with van der Waals surface area (Å²) in [6, 6.07) is 13.2. The normalized spacial score (nSPS) is 11.1. The first-order valence-corrected chi connectivity index (χ1v) is 7.74. The van der Waals surface area contributed by atoms with Crippen LogP contribution in [0.15, 0.2) is 48.7 Å². The average Bonchev–Trinajstić information content (AvgIpc) is 3.02. The number of hydrogen-bond donors (Lipinski definition) is 1. The summed E-state index contributed by atoms with van der Waals surface area (Å²) < 4.78 is 5.32. The monoisotopic (exact) mass is 344 g/mol. The lowest BCUT2D eigenvalue weighted by Gasteiger charge is -2.03. The number of halogens is 2. The molecule has 2 aromatic carbocycles. The number of aromatic amines is 1. The Labute approximate surface area is 144 Å². The molecular weight excluding hydrogens is 331 g/mol. The molecule has 0 radical (unpaired) electrons. The quantitative estimate of drug-likeness (QED) is 0.672. The lowest BCUT2D eigenvalue weighted by Crippen LogP contribution is -1.85. The van der Waals surface area contributed by atoms with Crippen molar-refractivity contribution in [1.29, 1.82) is 0 Å². The average molecular weight is 345 g/mol. The van der Waals surface area contributed by atoms with E-state index in [1.165, 1.54) is 0 Å². The van der Waals surface area contributed by atoms with E-state index in [1.54, 1.807) is 25.4 Å². The molecule has 0 aliphatic heterocycles. The van der Waals surface area contributed by atoms with Crippen molar-refractivity contribution < 1.29 is 4.74 Å². The van der Waals surface area contributed by atoms with Gasteiger partial charge in [-0.15, -0.1) is 0 Å². The van der Waals surface area contributed by atoms with Crippen LogP contribution in [0.4, 0.5) is 0 Å². The largest absolute Gasteiger partial charge is 0.496 e. The molecule has 0 bridgehead atoms. The zero-order valence-electron chi connectivity index (χ0n) is 12.4. The number of nitrogens with zero attached hydrogens (tertiary/aromatic N) is 1. The third-order valence-electron chi connectivity index (χ3n) is 3.38. The van der Waals surface area contributed by atoms with Crippen LogP contribution in [-0.2, 0) is 0 Å². The maximum Gasteiger partial charge on any atom is 0.130 e. The van der Waals surface area contributed by atoms with Crippen molar-refractivity contribution in [3.63, 3.8) is 0 Å². The molecule has 1 N–H and O–H groups in total. The van der Waals surface area contributed by atoms with Gasteiger partial charge in [0.05, 0.1) is 24.0 Å². The number of rotatable bonds is 4. The number of methoxy groups -OCH3 is 1. The molecule has 0 spiro atoms. The topological polar surface area (TPSA) is 37.9 Å². The zero-order valence-corrected chi connectivity index (χ0v) is 13.9. The number of H-pyrrole nitrogens is 1. The van der Waals surface area contributed by atoms with Crippen LogP contribution in [-0.4, -0.2) is 17.1 Å². The Morgan fingerprint density at radius 1 is 1.09 bits per heavy atom. The van der Waals surface area contributed by atoms with E-state index >= 15 is 0 Å². The minimum absolute atomic E-state index is 0.585. The van der Waals surface area contributed by atoms with E-state index in [4.69, 9.17) is 27.9 Å². The summed E-state index contributed by atoms with van der Waals surface area (Å²) in [5.41, 5.74) is 2.68. The smallest absolute Gasteiger partial charge is 0.130 e. The van der Waals surface area contributed by atoms with Crippen LogP contribution in [0.5, 0.6) is 5.75 Å². The fourth-order valence-corrected chi connectivity index (χ4v) is 2.75. The Kier molecular flexibility index (Phi) is 4.70. The van der Waals surface area contributed by atoms with Crippen molar-refractivity contribution in [2.24, 2.45) is 0 Å². The number of hydrogen-bond acceptors (Lipinski definition) is 2. The molecule has 1 heterocycles. The second kappa shape index (κ2) is 6.90. The fraction of sp³-hybridized carbons (Fsp3) is 0.0556. The Bertz CT molecular complexity index is 856. The van der Waals surface area contributed by atoms with Gasteiger partial charge in [-0.2, -0.15) is 0 Å². The summed E-state index contributed by atoms with van der Waals surface area (Å²) in [6.45, 7) is 0. The molecule has 0 amide bonds. The summed E-state index contributed by atoms with van der Waals surface area (Å²) in [7, 11) is 1.65. The molecule has 0 aliphatic carbocycles. The van der Waals surface area contributed by atoms with E-state index in [1.807, 2.05) is 42.5 Å². The second-order valence-corrected chi connectivity index (χ2v) is 5.73. The van der Waals surface area contributed by atoms with Gasteiger partial charge in [0.25, 0.3) is 0 Å². The molecule has 116 valence electrons. The SMILES string of the molecule is COc1ccccc1C=Cc1ncc(-c2ccc(Cl)cc2Cl)[nH]1. The first-order valence-electron chi connectivity index (χ1n) is 6.99. The molecule has 0 saturated heterocycles. The number of nitrogens with one attached hydrogen (secondary N) is 1. The highest BCUT2D eigenvalue weighted by Gasteiger charge is 2.07. The van der Waals surface area contributed by atoms with Crippen LogP contribution in [0.3, 0.4) is 0 Å².